The molecule has 0 aromatic rings. The highest BCUT2D eigenvalue weighted by atomic mass is 33.1. The molecular weight excluding hydrogens is 244 g/mol. The maximum atomic E-state index is 11.1. The molecule has 16 heavy (non-hydrogen) atoms. The molecule has 0 aromatic heterocycles. The third kappa shape index (κ3) is 6.52. The highest BCUT2D eigenvalue weighted by Crippen LogP contribution is 2.23. The molecule has 0 bridgehead atoms. The summed E-state index contributed by atoms with van der Waals surface area (Å²) in [6, 6.07) is -0.189. The van der Waals surface area contributed by atoms with Gasteiger partial charge in [0.2, 0.25) is 0 Å². The van der Waals surface area contributed by atoms with Crippen molar-refractivity contribution in [3.05, 3.63) is 0 Å². The van der Waals surface area contributed by atoms with Crippen molar-refractivity contribution in [3.63, 3.8) is 0 Å². The van der Waals surface area contributed by atoms with Crippen LogP contribution in [0.3, 0.4) is 0 Å². The van der Waals surface area contributed by atoms with E-state index in [1.165, 1.54) is 0 Å². The van der Waals surface area contributed by atoms with Crippen molar-refractivity contribution >= 4 is 33.2 Å². The molecule has 0 aliphatic heterocycles. The van der Waals surface area contributed by atoms with E-state index in [-0.39, 0.29) is 23.7 Å². The summed E-state index contributed by atoms with van der Waals surface area (Å²) in [5.74, 6) is 1.75. The Bertz CT molecular complexity index is 213. The lowest BCUT2D eigenvalue weighted by Crippen LogP contribution is -2.35. The Kier molecular flexibility index (Phi) is 9.02. The number of ketones is 2. The lowest BCUT2D eigenvalue weighted by molar-refractivity contribution is -0.119. The van der Waals surface area contributed by atoms with E-state index >= 15 is 0 Å². The number of carbonyl (C=O) groups excluding carboxylic acids is 2. The molecule has 0 saturated heterocycles. The van der Waals surface area contributed by atoms with Crippen LogP contribution in [0.5, 0.6) is 0 Å². The van der Waals surface area contributed by atoms with Crippen LogP contribution in [0.15, 0.2) is 0 Å². The smallest absolute Gasteiger partial charge is 0.147 e. The van der Waals surface area contributed by atoms with Gasteiger partial charge in [0.15, 0.2) is 0 Å². The van der Waals surface area contributed by atoms with Gasteiger partial charge in [0.25, 0.3) is 0 Å². The van der Waals surface area contributed by atoms with E-state index in [9.17, 15) is 9.59 Å². The fourth-order valence-corrected chi connectivity index (χ4v) is 3.70. The van der Waals surface area contributed by atoms with Crippen LogP contribution in [0, 0.1) is 0 Å². The summed E-state index contributed by atoms with van der Waals surface area (Å²) in [5.41, 5.74) is 0. The average Bonchev–Trinajstić information content (AvgIpc) is 2.22. The van der Waals surface area contributed by atoms with Crippen LogP contribution in [0.2, 0.25) is 0 Å². The minimum atomic E-state index is -0.0946. The standard InChI is InChI=1S/C10H20N2O2S2/c1-7(13)9(11-3)5-15-16-6-10(12-4)8(2)14/h9-12H,5-6H2,1-4H3/t9-,10-/m0/s1. The van der Waals surface area contributed by atoms with Gasteiger partial charge in [0.05, 0.1) is 12.1 Å². The SMILES string of the molecule is CN[C@@H](CSSC[C@H](NC)C(C)=O)C(C)=O. The van der Waals surface area contributed by atoms with E-state index in [0.29, 0.717) is 0 Å². The minimum Gasteiger partial charge on any atom is -0.310 e. The molecule has 2 atom stereocenters. The van der Waals surface area contributed by atoms with Gasteiger partial charge in [-0.3, -0.25) is 9.59 Å². The van der Waals surface area contributed by atoms with Crippen molar-refractivity contribution in [3.8, 4) is 0 Å². The second-order valence-electron chi connectivity index (χ2n) is 3.47. The Morgan fingerprint density at radius 2 is 1.25 bits per heavy atom. The first kappa shape index (κ1) is 16.0. The normalized spacial score (nSPS) is 14.5. The van der Waals surface area contributed by atoms with Gasteiger partial charge in [0, 0.05) is 11.5 Å². The maximum absolute atomic E-state index is 11.1. The first-order valence-electron chi connectivity index (χ1n) is 5.12. The number of hydrogen-bond donors (Lipinski definition) is 2. The zero-order chi connectivity index (χ0) is 12.6. The maximum Gasteiger partial charge on any atom is 0.147 e. The Morgan fingerprint density at radius 3 is 1.44 bits per heavy atom. The average molecular weight is 264 g/mol. The van der Waals surface area contributed by atoms with Crippen LogP contribution in [0.1, 0.15) is 13.8 Å². The number of hydrogen-bond acceptors (Lipinski definition) is 6. The van der Waals surface area contributed by atoms with Crippen molar-refractivity contribution in [2.75, 3.05) is 25.6 Å². The molecule has 0 saturated carbocycles. The Balaban J connectivity index is 3.73. The number of carbonyl (C=O) groups is 2. The molecular formula is C10H20N2O2S2. The fourth-order valence-electron chi connectivity index (χ4n) is 1.04. The molecule has 0 unspecified atom stereocenters. The largest absolute Gasteiger partial charge is 0.310 e. The Hall–Kier alpha value is -0.0400. The molecule has 94 valence electrons. The third-order valence-electron chi connectivity index (χ3n) is 2.23. The summed E-state index contributed by atoms with van der Waals surface area (Å²) in [4.78, 5) is 22.2. The van der Waals surface area contributed by atoms with Gasteiger partial charge in [0.1, 0.15) is 11.6 Å². The quantitative estimate of drug-likeness (QED) is 0.473. The monoisotopic (exact) mass is 264 g/mol. The Morgan fingerprint density at radius 1 is 0.938 bits per heavy atom. The molecule has 0 aromatic carbocycles. The van der Waals surface area contributed by atoms with E-state index in [4.69, 9.17) is 0 Å². The number of nitrogens with one attached hydrogen (secondary N) is 2. The molecule has 0 amide bonds. The van der Waals surface area contributed by atoms with Crippen LogP contribution in [-0.4, -0.2) is 49.3 Å². The third-order valence-corrected chi connectivity index (χ3v) is 4.65. The van der Waals surface area contributed by atoms with Crippen LogP contribution in [0.25, 0.3) is 0 Å². The fraction of sp³-hybridized carbons (Fsp3) is 0.800. The van der Waals surface area contributed by atoms with E-state index in [1.807, 2.05) is 0 Å². The highest BCUT2D eigenvalue weighted by Gasteiger charge is 2.14. The van der Waals surface area contributed by atoms with Crippen molar-refractivity contribution in [2.24, 2.45) is 0 Å². The first-order valence-corrected chi connectivity index (χ1v) is 7.61. The predicted octanol–water partition coefficient (Wildman–Crippen LogP) is 0.722. The van der Waals surface area contributed by atoms with Crippen LogP contribution in [-0.2, 0) is 9.59 Å². The summed E-state index contributed by atoms with van der Waals surface area (Å²) in [6.07, 6.45) is 0. The van der Waals surface area contributed by atoms with Crippen molar-refractivity contribution in [1.29, 1.82) is 0 Å². The highest BCUT2D eigenvalue weighted by molar-refractivity contribution is 8.76. The summed E-state index contributed by atoms with van der Waals surface area (Å²) in [6.45, 7) is 3.16. The molecule has 0 aliphatic carbocycles. The van der Waals surface area contributed by atoms with Crippen LogP contribution in [0.4, 0.5) is 0 Å². The molecule has 0 spiro atoms. The van der Waals surface area contributed by atoms with E-state index < -0.39 is 0 Å². The molecule has 0 fully saturated rings. The van der Waals surface area contributed by atoms with Gasteiger partial charge < -0.3 is 10.6 Å². The van der Waals surface area contributed by atoms with Gasteiger partial charge >= 0.3 is 0 Å². The topological polar surface area (TPSA) is 58.2 Å². The first-order chi connectivity index (χ1) is 7.52. The molecule has 6 heteroatoms. The van der Waals surface area contributed by atoms with Crippen LogP contribution < -0.4 is 10.6 Å². The number of likely N-dealkylation sites (N-methyl/N-ethyl adjacent to an activating group) is 2. The van der Waals surface area contributed by atoms with Crippen molar-refractivity contribution < 1.29 is 9.59 Å². The number of rotatable bonds is 9. The summed E-state index contributed by atoms with van der Waals surface area (Å²) in [5, 5.41) is 5.92. The molecule has 2 N–H and O–H groups in total. The number of Topliss-reactive ketones (excluding diaryl/α,β-unsaturated/α-hetero) is 2. The lowest BCUT2D eigenvalue weighted by atomic mass is 10.2. The van der Waals surface area contributed by atoms with Gasteiger partial charge in [-0.05, 0) is 27.9 Å². The van der Waals surface area contributed by atoms with Gasteiger partial charge in [-0.1, -0.05) is 21.6 Å². The molecule has 0 rings (SSSR count). The molecule has 0 heterocycles. The lowest BCUT2D eigenvalue weighted by Gasteiger charge is -2.14. The zero-order valence-corrected chi connectivity index (χ0v) is 11.8. The van der Waals surface area contributed by atoms with Crippen molar-refractivity contribution in [1.82, 2.24) is 10.6 Å². The Labute approximate surface area is 105 Å². The van der Waals surface area contributed by atoms with E-state index in [0.717, 1.165) is 11.5 Å². The van der Waals surface area contributed by atoms with Gasteiger partial charge in [-0.15, -0.1) is 0 Å². The van der Waals surface area contributed by atoms with Gasteiger partial charge in [-0.25, -0.2) is 0 Å². The van der Waals surface area contributed by atoms with Crippen molar-refractivity contribution in [2.45, 2.75) is 25.9 Å². The molecule has 0 aliphatic rings. The summed E-state index contributed by atoms with van der Waals surface area (Å²) < 4.78 is 0. The summed E-state index contributed by atoms with van der Waals surface area (Å²) >= 11 is 0. The van der Waals surface area contributed by atoms with E-state index in [1.54, 1.807) is 49.5 Å². The molecule has 4 nitrogen and oxygen atoms in total. The minimum absolute atomic E-state index is 0.0946. The predicted molar refractivity (Wildman–Crippen MR) is 72.0 cm³/mol. The van der Waals surface area contributed by atoms with Crippen LogP contribution >= 0.6 is 21.6 Å². The van der Waals surface area contributed by atoms with Gasteiger partial charge in [-0.2, -0.15) is 0 Å². The zero-order valence-electron chi connectivity index (χ0n) is 10.2. The second kappa shape index (κ2) is 9.04. The van der Waals surface area contributed by atoms with E-state index in [2.05, 4.69) is 10.6 Å². The molecule has 0 radical (unpaired) electrons. The second-order valence-corrected chi connectivity index (χ2v) is 6.03. The summed E-state index contributed by atoms with van der Waals surface area (Å²) in [7, 11) is 6.79.